The van der Waals surface area contributed by atoms with Crippen LogP contribution in [-0.4, -0.2) is 19.0 Å². The maximum atomic E-state index is 4.34. The lowest BCUT2D eigenvalue weighted by Gasteiger charge is -2.15. The molecule has 0 aliphatic carbocycles. The summed E-state index contributed by atoms with van der Waals surface area (Å²) in [6, 6.07) is 4.18. The van der Waals surface area contributed by atoms with Crippen molar-refractivity contribution < 1.29 is 0 Å². The summed E-state index contributed by atoms with van der Waals surface area (Å²) >= 11 is 5.19. The van der Waals surface area contributed by atoms with Gasteiger partial charge >= 0.3 is 0 Å². The molecule has 3 nitrogen and oxygen atoms in total. The van der Waals surface area contributed by atoms with Crippen molar-refractivity contribution in [2.45, 2.75) is 13.0 Å². The smallest absolute Gasteiger partial charge is 0.191 e. The van der Waals surface area contributed by atoms with Crippen molar-refractivity contribution in [3.05, 3.63) is 20.8 Å². The fourth-order valence-electron chi connectivity index (χ4n) is 1.27. The van der Waals surface area contributed by atoms with Crippen LogP contribution in [0.1, 0.15) is 11.3 Å². The van der Waals surface area contributed by atoms with Gasteiger partial charge in [-0.1, -0.05) is 0 Å². The SMILES string of the molecule is Brc1ccc(CNC2=NCCCN2)s1.I. The van der Waals surface area contributed by atoms with Crippen LogP contribution in [0.3, 0.4) is 0 Å². The van der Waals surface area contributed by atoms with Crippen molar-refractivity contribution >= 4 is 57.2 Å². The average Bonchev–Trinajstić information content (AvgIpc) is 2.63. The summed E-state index contributed by atoms with van der Waals surface area (Å²) in [5.74, 6) is 0.931. The summed E-state index contributed by atoms with van der Waals surface area (Å²) in [5.41, 5.74) is 0. The van der Waals surface area contributed by atoms with Crippen molar-refractivity contribution in [2.24, 2.45) is 4.99 Å². The lowest BCUT2D eigenvalue weighted by atomic mass is 10.4. The van der Waals surface area contributed by atoms with Crippen LogP contribution in [0.25, 0.3) is 0 Å². The van der Waals surface area contributed by atoms with E-state index in [9.17, 15) is 0 Å². The Hall–Kier alpha value is 0.180. The Balaban J connectivity index is 0.00000112. The summed E-state index contributed by atoms with van der Waals surface area (Å²) in [6.45, 7) is 2.81. The van der Waals surface area contributed by atoms with E-state index >= 15 is 0 Å². The molecular formula is C9H13BrIN3S. The van der Waals surface area contributed by atoms with Crippen molar-refractivity contribution in [3.8, 4) is 0 Å². The molecule has 0 amide bonds. The van der Waals surface area contributed by atoms with Crippen LogP contribution in [0, 0.1) is 0 Å². The zero-order valence-electron chi connectivity index (χ0n) is 8.12. The molecule has 0 aromatic carbocycles. The first-order chi connectivity index (χ1) is 6.84. The van der Waals surface area contributed by atoms with Crippen molar-refractivity contribution in [3.63, 3.8) is 0 Å². The number of nitrogens with zero attached hydrogens (tertiary/aromatic N) is 1. The molecule has 84 valence electrons. The summed E-state index contributed by atoms with van der Waals surface area (Å²) in [4.78, 5) is 5.65. The molecule has 2 N–H and O–H groups in total. The van der Waals surface area contributed by atoms with Gasteiger partial charge in [-0.15, -0.1) is 35.3 Å². The maximum Gasteiger partial charge on any atom is 0.191 e. The quantitative estimate of drug-likeness (QED) is 0.747. The van der Waals surface area contributed by atoms with Gasteiger partial charge in [-0.05, 0) is 34.5 Å². The summed E-state index contributed by atoms with van der Waals surface area (Å²) in [6.07, 6.45) is 1.13. The molecule has 0 bridgehead atoms. The molecule has 0 saturated heterocycles. The van der Waals surface area contributed by atoms with E-state index in [-0.39, 0.29) is 24.0 Å². The number of rotatable bonds is 2. The molecule has 15 heavy (non-hydrogen) atoms. The first-order valence-electron chi connectivity index (χ1n) is 4.61. The van der Waals surface area contributed by atoms with Crippen LogP contribution >= 0.6 is 51.2 Å². The van der Waals surface area contributed by atoms with Gasteiger partial charge in [0, 0.05) is 18.0 Å². The van der Waals surface area contributed by atoms with E-state index in [1.807, 2.05) is 0 Å². The minimum Gasteiger partial charge on any atom is -0.356 e. The normalized spacial score (nSPS) is 14.9. The van der Waals surface area contributed by atoms with E-state index in [1.165, 1.54) is 8.66 Å². The highest BCUT2D eigenvalue weighted by molar-refractivity contribution is 14.0. The molecule has 0 fully saturated rings. The molecule has 2 rings (SSSR count). The minimum absolute atomic E-state index is 0. The monoisotopic (exact) mass is 401 g/mol. The van der Waals surface area contributed by atoms with Gasteiger partial charge in [-0.2, -0.15) is 0 Å². The van der Waals surface area contributed by atoms with Gasteiger partial charge in [0.25, 0.3) is 0 Å². The Morgan fingerprint density at radius 1 is 1.53 bits per heavy atom. The second-order valence-corrected chi connectivity index (χ2v) is 5.62. The number of hydrogen-bond acceptors (Lipinski definition) is 4. The number of aliphatic imine (C=N–C) groups is 1. The third kappa shape index (κ3) is 4.28. The molecule has 1 aliphatic heterocycles. The molecule has 6 heteroatoms. The third-order valence-electron chi connectivity index (χ3n) is 1.96. The Bertz CT molecular complexity index is 340. The number of thiophene rings is 1. The largest absolute Gasteiger partial charge is 0.356 e. The van der Waals surface area contributed by atoms with E-state index in [2.05, 4.69) is 43.7 Å². The molecule has 0 unspecified atom stereocenters. The lowest BCUT2D eigenvalue weighted by molar-refractivity contribution is 0.703. The highest BCUT2D eigenvalue weighted by atomic mass is 127. The summed E-state index contributed by atoms with van der Waals surface area (Å²) in [5, 5.41) is 6.51. The van der Waals surface area contributed by atoms with Crippen molar-refractivity contribution in [1.82, 2.24) is 10.6 Å². The highest BCUT2D eigenvalue weighted by Gasteiger charge is 2.03. The number of hydrogen-bond donors (Lipinski definition) is 2. The molecule has 0 saturated carbocycles. The van der Waals surface area contributed by atoms with E-state index < -0.39 is 0 Å². The Morgan fingerprint density at radius 3 is 3.00 bits per heavy atom. The Kier molecular flexibility index (Phi) is 5.91. The van der Waals surface area contributed by atoms with Gasteiger partial charge < -0.3 is 10.6 Å². The number of halogens is 2. The zero-order valence-corrected chi connectivity index (χ0v) is 12.9. The topological polar surface area (TPSA) is 36.4 Å². The van der Waals surface area contributed by atoms with Crippen LogP contribution in [0.4, 0.5) is 0 Å². The molecule has 0 radical (unpaired) electrons. The van der Waals surface area contributed by atoms with E-state index in [0.717, 1.165) is 32.0 Å². The van der Waals surface area contributed by atoms with Crippen LogP contribution in [-0.2, 0) is 6.54 Å². The molecule has 1 aromatic heterocycles. The minimum atomic E-state index is 0. The van der Waals surface area contributed by atoms with Gasteiger partial charge in [-0.25, -0.2) is 0 Å². The standard InChI is InChI=1S/C9H12BrN3S.HI/c10-8-3-2-7(14-8)6-13-9-11-4-1-5-12-9;/h2-3H,1,4-6H2,(H2,11,12,13);1H. The van der Waals surface area contributed by atoms with Crippen LogP contribution in [0.2, 0.25) is 0 Å². The molecule has 0 spiro atoms. The van der Waals surface area contributed by atoms with E-state index in [4.69, 9.17) is 0 Å². The Labute approximate surface area is 119 Å². The molecular weight excluding hydrogens is 389 g/mol. The molecule has 1 aliphatic rings. The molecule has 1 aromatic rings. The van der Waals surface area contributed by atoms with E-state index in [0.29, 0.717) is 0 Å². The molecule has 2 heterocycles. The fraction of sp³-hybridized carbons (Fsp3) is 0.444. The second kappa shape index (κ2) is 6.70. The lowest BCUT2D eigenvalue weighted by Crippen LogP contribution is -2.40. The Morgan fingerprint density at radius 2 is 2.40 bits per heavy atom. The number of guanidine groups is 1. The second-order valence-electron chi connectivity index (χ2n) is 3.07. The third-order valence-corrected chi connectivity index (χ3v) is 3.58. The predicted octanol–water partition coefficient (Wildman–Crippen LogP) is 2.57. The predicted molar refractivity (Wildman–Crippen MR) is 79.2 cm³/mol. The summed E-state index contributed by atoms with van der Waals surface area (Å²) < 4.78 is 1.17. The maximum absolute atomic E-state index is 4.34. The summed E-state index contributed by atoms with van der Waals surface area (Å²) in [7, 11) is 0. The van der Waals surface area contributed by atoms with Gasteiger partial charge in [0.05, 0.1) is 10.3 Å². The number of nitrogens with one attached hydrogen (secondary N) is 2. The van der Waals surface area contributed by atoms with Gasteiger partial charge in [0.1, 0.15) is 0 Å². The zero-order chi connectivity index (χ0) is 9.80. The van der Waals surface area contributed by atoms with Gasteiger partial charge in [0.2, 0.25) is 0 Å². The van der Waals surface area contributed by atoms with Crippen LogP contribution < -0.4 is 10.6 Å². The highest BCUT2D eigenvalue weighted by Crippen LogP contribution is 2.21. The van der Waals surface area contributed by atoms with Crippen molar-refractivity contribution in [1.29, 1.82) is 0 Å². The van der Waals surface area contributed by atoms with Crippen LogP contribution in [0.5, 0.6) is 0 Å². The van der Waals surface area contributed by atoms with Crippen molar-refractivity contribution in [2.75, 3.05) is 13.1 Å². The average molecular weight is 402 g/mol. The van der Waals surface area contributed by atoms with E-state index in [1.54, 1.807) is 11.3 Å². The first kappa shape index (κ1) is 13.2. The fourth-order valence-corrected chi connectivity index (χ4v) is 2.69. The molecule has 0 atom stereocenters. The van der Waals surface area contributed by atoms with Gasteiger partial charge in [-0.3, -0.25) is 4.99 Å². The van der Waals surface area contributed by atoms with Crippen LogP contribution in [0.15, 0.2) is 20.9 Å². The first-order valence-corrected chi connectivity index (χ1v) is 6.22. The van der Waals surface area contributed by atoms with Gasteiger partial charge in [0.15, 0.2) is 5.96 Å².